The Hall–Kier alpha value is -3.43. The minimum absolute atomic E-state index is 0.00196. The largest absolute Gasteiger partial charge is 0.280 e. The van der Waals surface area contributed by atoms with Crippen LogP contribution in [-0.2, 0) is 9.84 Å². The molecule has 2 atom stereocenters. The Bertz CT molecular complexity index is 1740. The number of sulfone groups is 1. The minimum atomic E-state index is -3.79. The molecule has 6 nitrogen and oxygen atoms in total. The van der Waals surface area contributed by atoms with E-state index in [1.54, 1.807) is 26.1 Å². The van der Waals surface area contributed by atoms with Gasteiger partial charge in [0.05, 0.1) is 17.6 Å². The van der Waals surface area contributed by atoms with E-state index in [0.717, 1.165) is 24.4 Å². The maximum atomic E-state index is 15.1. The molecule has 1 aliphatic carbocycles. The van der Waals surface area contributed by atoms with Crippen molar-refractivity contribution in [1.29, 1.82) is 0 Å². The summed E-state index contributed by atoms with van der Waals surface area (Å²) in [5.74, 6) is -1.33. The van der Waals surface area contributed by atoms with Crippen LogP contribution in [0.1, 0.15) is 40.6 Å². The maximum absolute atomic E-state index is 15.1. The second-order valence-corrected chi connectivity index (χ2v) is 11.7. The van der Waals surface area contributed by atoms with Crippen LogP contribution in [0, 0.1) is 25.5 Å². The van der Waals surface area contributed by atoms with Crippen LogP contribution in [0.15, 0.2) is 64.7 Å². The zero-order chi connectivity index (χ0) is 26.6. The van der Waals surface area contributed by atoms with Crippen molar-refractivity contribution in [1.82, 2.24) is 14.5 Å². The maximum Gasteiger partial charge on any atom is 0.274 e. The van der Waals surface area contributed by atoms with Crippen LogP contribution in [0.4, 0.5) is 8.78 Å². The fraction of sp³-hybridized carbons (Fsp3) is 0.222. The number of aromatic nitrogens is 3. The summed E-state index contributed by atoms with van der Waals surface area (Å²) in [6.45, 7) is 3.53. The molecular formula is C27H22ClF2N3O3S. The third-order valence-corrected chi connectivity index (χ3v) is 8.15. The van der Waals surface area contributed by atoms with Gasteiger partial charge < -0.3 is 0 Å². The Balaban J connectivity index is 1.58. The first-order chi connectivity index (χ1) is 17.5. The van der Waals surface area contributed by atoms with Crippen LogP contribution >= 0.6 is 11.6 Å². The zero-order valence-corrected chi connectivity index (χ0v) is 21.7. The molecular weight excluding hydrogens is 520 g/mol. The van der Waals surface area contributed by atoms with Crippen LogP contribution in [0.25, 0.3) is 16.9 Å². The summed E-state index contributed by atoms with van der Waals surface area (Å²) < 4.78 is 54.2. The number of aryl methyl sites for hydroxylation is 2. The summed E-state index contributed by atoms with van der Waals surface area (Å²) in [6.07, 6.45) is 5.93. The van der Waals surface area contributed by atoms with Crippen molar-refractivity contribution < 1.29 is 17.2 Å². The molecule has 37 heavy (non-hydrogen) atoms. The number of pyridine rings is 3. The van der Waals surface area contributed by atoms with Crippen molar-refractivity contribution >= 4 is 21.4 Å². The Morgan fingerprint density at radius 3 is 2.51 bits per heavy atom. The van der Waals surface area contributed by atoms with Gasteiger partial charge in [0.25, 0.3) is 5.56 Å². The third kappa shape index (κ3) is 4.57. The highest BCUT2D eigenvalue weighted by Gasteiger charge is 2.42. The summed E-state index contributed by atoms with van der Waals surface area (Å²) in [5.41, 5.74) is 2.89. The summed E-state index contributed by atoms with van der Waals surface area (Å²) in [7, 11) is -3.79. The van der Waals surface area contributed by atoms with E-state index in [4.69, 9.17) is 11.6 Å². The van der Waals surface area contributed by atoms with Gasteiger partial charge in [-0.15, -0.1) is 0 Å². The standard InChI is InChI=1S/C27H22ClF2N3O3S/c1-14-11-32-22(18-5-4-6-24(26(18)30)37(3,35)36)10-23(14)33-15(2)7-21(25(28)27(33)34)20-9-19(20)16-8-17(29)13-31-12-16/h4-8,10-13,19-20H,9H2,1-3H3/t19-,20+/m1/s1. The fourth-order valence-corrected chi connectivity index (χ4v) is 5.78. The Kier molecular flexibility index (Phi) is 6.24. The molecule has 1 fully saturated rings. The van der Waals surface area contributed by atoms with E-state index in [1.807, 2.05) is 6.07 Å². The predicted molar refractivity (Wildman–Crippen MR) is 137 cm³/mol. The number of halogens is 3. The molecule has 0 unspecified atom stereocenters. The van der Waals surface area contributed by atoms with E-state index in [-0.39, 0.29) is 28.1 Å². The lowest BCUT2D eigenvalue weighted by Gasteiger charge is -2.17. The molecule has 1 aliphatic rings. The number of rotatable bonds is 5. The summed E-state index contributed by atoms with van der Waals surface area (Å²) in [6, 6.07) is 8.90. The van der Waals surface area contributed by atoms with Crippen molar-refractivity contribution in [2.24, 2.45) is 0 Å². The molecule has 1 saturated carbocycles. The van der Waals surface area contributed by atoms with E-state index < -0.39 is 31.9 Å². The van der Waals surface area contributed by atoms with Gasteiger partial charge in [-0.05, 0) is 79.1 Å². The van der Waals surface area contributed by atoms with E-state index >= 15 is 4.39 Å². The Morgan fingerprint density at radius 1 is 1.05 bits per heavy atom. The van der Waals surface area contributed by atoms with Crippen molar-refractivity contribution in [2.45, 2.75) is 37.0 Å². The zero-order valence-electron chi connectivity index (χ0n) is 20.2. The van der Waals surface area contributed by atoms with Crippen LogP contribution in [0.5, 0.6) is 0 Å². The molecule has 5 rings (SSSR count). The highest BCUT2D eigenvalue weighted by molar-refractivity contribution is 7.90. The molecule has 4 aromatic rings. The SMILES string of the molecule is Cc1cnc(-c2cccc(S(C)(=O)=O)c2F)cc1-n1c(C)cc([C@H]2C[C@@H]2c2cncc(F)c2)c(Cl)c1=O. The first-order valence-corrected chi connectivity index (χ1v) is 13.7. The molecule has 0 amide bonds. The normalized spacial score (nSPS) is 17.1. The predicted octanol–water partition coefficient (Wildman–Crippen LogP) is 5.52. The highest BCUT2D eigenvalue weighted by atomic mass is 35.5. The second-order valence-electron chi connectivity index (χ2n) is 9.33. The first-order valence-electron chi connectivity index (χ1n) is 11.5. The number of benzene rings is 1. The summed E-state index contributed by atoms with van der Waals surface area (Å²) >= 11 is 6.58. The lowest BCUT2D eigenvalue weighted by atomic mass is 10.0. The third-order valence-electron chi connectivity index (χ3n) is 6.66. The van der Waals surface area contributed by atoms with Gasteiger partial charge >= 0.3 is 0 Å². The molecule has 3 aromatic heterocycles. The van der Waals surface area contributed by atoms with Crippen molar-refractivity contribution in [3.63, 3.8) is 0 Å². The van der Waals surface area contributed by atoms with Gasteiger partial charge in [0.15, 0.2) is 15.7 Å². The molecule has 0 saturated heterocycles. The average molecular weight is 542 g/mol. The molecule has 3 heterocycles. The monoisotopic (exact) mass is 541 g/mol. The van der Waals surface area contributed by atoms with Gasteiger partial charge in [0.2, 0.25) is 0 Å². The number of hydrogen-bond donors (Lipinski definition) is 0. The van der Waals surface area contributed by atoms with Crippen molar-refractivity contribution in [3.8, 4) is 16.9 Å². The van der Waals surface area contributed by atoms with E-state index in [0.29, 0.717) is 22.5 Å². The van der Waals surface area contributed by atoms with Crippen LogP contribution < -0.4 is 5.56 Å². The molecule has 0 bridgehead atoms. The van der Waals surface area contributed by atoms with Crippen LogP contribution in [-0.4, -0.2) is 29.2 Å². The number of hydrogen-bond acceptors (Lipinski definition) is 5. The van der Waals surface area contributed by atoms with Crippen molar-refractivity contribution in [2.75, 3.05) is 6.26 Å². The molecule has 0 aliphatic heterocycles. The van der Waals surface area contributed by atoms with Crippen LogP contribution in [0.3, 0.4) is 0 Å². The topological polar surface area (TPSA) is 81.9 Å². The van der Waals surface area contributed by atoms with Crippen LogP contribution in [0.2, 0.25) is 5.02 Å². The molecule has 0 N–H and O–H groups in total. The quantitative estimate of drug-likeness (QED) is 0.332. The summed E-state index contributed by atoms with van der Waals surface area (Å²) in [4.78, 5) is 21.2. The molecule has 190 valence electrons. The Labute approximate surface area is 217 Å². The molecule has 1 aromatic carbocycles. The molecule has 0 spiro atoms. The van der Waals surface area contributed by atoms with E-state index in [2.05, 4.69) is 9.97 Å². The first kappa shape index (κ1) is 25.2. The highest BCUT2D eigenvalue weighted by Crippen LogP contribution is 2.55. The molecule has 10 heteroatoms. The lowest BCUT2D eigenvalue weighted by Crippen LogP contribution is -2.23. The van der Waals surface area contributed by atoms with Gasteiger partial charge in [-0.3, -0.25) is 19.3 Å². The minimum Gasteiger partial charge on any atom is -0.280 e. The van der Waals surface area contributed by atoms with Gasteiger partial charge in [0.1, 0.15) is 15.7 Å². The van der Waals surface area contributed by atoms with Gasteiger partial charge in [-0.2, -0.15) is 0 Å². The number of nitrogens with zero attached hydrogens (tertiary/aromatic N) is 3. The van der Waals surface area contributed by atoms with Crippen molar-refractivity contribution in [3.05, 3.63) is 104 Å². The molecule has 0 radical (unpaired) electrons. The Morgan fingerprint density at radius 2 is 1.81 bits per heavy atom. The van der Waals surface area contributed by atoms with Gasteiger partial charge in [0, 0.05) is 29.9 Å². The smallest absolute Gasteiger partial charge is 0.274 e. The van der Waals surface area contributed by atoms with E-state index in [1.165, 1.54) is 35.0 Å². The summed E-state index contributed by atoms with van der Waals surface area (Å²) in [5, 5.41) is 0.0606. The van der Waals surface area contributed by atoms with Gasteiger partial charge in [-0.1, -0.05) is 17.7 Å². The van der Waals surface area contributed by atoms with E-state index in [9.17, 15) is 17.6 Å². The lowest BCUT2D eigenvalue weighted by molar-refractivity contribution is 0.572. The van der Waals surface area contributed by atoms with Gasteiger partial charge in [-0.25, -0.2) is 17.2 Å². The fourth-order valence-electron chi connectivity index (χ4n) is 4.74. The second kappa shape index (κ2) is 9.15. The average Bonchev–Trinajstić information content (AvgIpc) is 3.63.